The lowest BCUT2D eigenvalue weighted by Crippen LogP contribution is -2.32. The van der Waals surface area contributed by atoms with Gasteiger partial charge in [0.25, 0.3) is 5.91 Å². The Morgan fingerprint density at radius 3 is 3.00 bits per heavy atom. The molecule has 0 aliphatic carbocycles. The van der Waals surface area contributed by atoms with Gasteiger partial charge in [-0.15, -0.1) is 11.6 Å². The highest BCUT2D eigenvalue weighted by Gasteiger charge is 2.09. The lowest BCUT2D eigenvalue weighted by Gasteiger charge is -2.12. The summed E-state index contributed by atoms with van der Waals surface area (Å²) in [5.74, 6) is 0.342. The van der Waals surface area contributed by atoms with Crippen LogP contribution in [0.4, 0.5) is 0 Å². The fourth-order valence-electron chi connectivity index (χ4n) is 1.27. The van der Waals surface area contributed by atoms with Crippen LogP contribution in [0.3, 0.4) is 0 Å². The highest BCUT2D eigenvalue weighted by molar-refractivity contribution is 6.17. The van der Waals surface area contributed by atoms with Crippen molar-refractivity contribution in [2.24, 2.45) is 0 Å². The van der Waals surface area contributed by atoms with Crippen molar-refractivity contribution in [2.75, 3.05) is 5.88 Å². The number of amides is 1. The number of nitrogens with one attached hydrogen (secondary N) is 1. The van der Waals surface area contributed by atoms with Crippen LogP contribution in [-0.2, 0) is 0 Å². The summed E-state index contributed by atoms with van der Waals surface area (Å²) in [6, 6.07) is 8.65. The number of nitriles is 1. The zero-order valence-electron chi connectivity index (χ0n) is 9.03. The Bertz CT molecular complexity index is 412. The minimum absolute atomic E-state index is 0.0377. The highest BCUT2D eigenvalue weighted by atomic mass is 35.5. The van der Waals surface area contributed by atoms with Crippen LogP contribution in [0.15, 0.2) is 24.3 Å². The first-order valence-corrected chi connectivity index (χ1v) is 5.58. The molecule has 0 aliphatic rings. The third kappa shape index (κ3) is 3.56. The van der Waals surface area contributed by atoms with Crippen molar-refractivity contribution >= 4 is 17.5 Å². The van der Waals surface area contributed by atoms with E-state index in [0.717, 1.165) is 6.42 Å². The fourth-order valence-corrected chi connectivity index (χ4v) is 1.60. The summed E-state index contributed by atoms with van der Waals surface area (Å²) < 4.78 is 0. The number of alkyl halides is 1. The molecule has 1 aromatic carbocycles. The van der Waals surface area contributed by atoms with Gasteiger partial charge in [0.15, 0.2) is 0 Å². The van der Waals surface area contributed by atoms with E-state index in [1.807, 2.05) is 13.0 Å². The van der Waals surface area contributed by atoms with Gasteiger partial charge in [-0.1, -0.05) is 6.07 Å². The van der Waals surface area contributed by atoms with E-state index in [9.17, 15) is 4.79 Å². The molecule has 1 unspecified atom stereocenters. The molecular weight excluding hydrogens is 224 g/mol. The molecule has 1 aromatic rings. The molecule has 0 fully saturated rings. The van der Waals surface area contributed by atoms with Crippen LogP contribution in [0.5, 0.6) is 0 Å². The predicted molar refractivity (Wildman–Crippen MR) is 63.4 cm³/mol. The lowest BCUT2D eigenvalue weighted by molar-refractivity contribution is 0.0939. The van der Waals surface area contributed by atoms with Crippen molar-refractivity contribution in [3.8, 4) is 6.07 Å². The quantitative estimate of drug-likeness (QED) is 0.816. The molecule has 0 aromatic heterocycles. The van der Waals surface area contributed by atoms with E-state index in [1.165, 1.54) is 0 Å². The molecule has 3 nitrogen and oxygen atoms in total. The van der Waals surface area contributed by atoms with Crippen LogP contribution in [0, 0.1) is 11.3 Å². The maximum absolute atomic E-state index is 11.7. The first-order valence-electron chi connectivity index (χ1n) is 5.04. The predicted octanol–water partition coefficient (Wildman–Crippen LogP) is 2.31. The van der Waals surface area contributed by atoms with Gasteiger partial charge < -0.3 is 5.32 Å². The Hall–Kier alpha value is -1.53. The van der Waals surface area contributed by atoms with Crippen LogP contribution in [0.2, 0.25) is 0 Å². The summed E-state index contributed by atoms with van der Waals surface area (Å²) >= 11 is 5.58. The SMILES string of the molecule is CC(CCCl)NC(=O)c1cccc(C#N)c1. The largest absolute Gasteiger partial charge is 0.350 e. The minimum atomic E-state index is -0.172. The van der Waals surface area contributed by atoms with Crippen LogP contribution in [-0.4, -0.2) is 17.8 Å². The Labute approximate surface area is 100 Å². The molecule has 1 N–H and O–H groups in total. The Morgan fingerprint density at radius 1 is 1.62 bits per heavy atom. The van der Waals surface area contributed by atoms with Gasteiger partial charge in [-0.2, -0.15) is 5.26 Å². The molecule has 0 radical (unpaired) electrons. The first-order chi connectivity index (χ1) is 7.67. The minimum Gasteiger partial charge on any atom is -0.350 e. The molecule has 0 saturated carbocycles. The topological polar surface area (TPSA) is 52.9 Å². The standard InChI is InChI=1S/C12H13ClN2O/c1-9(5-6-13)15-12(16)11-4-2-3-10(7-11)8-14/h2-4,7,9H,5-6H2,1H3,(H,15,16). The molecule has 0 bridgehead atoms. The molecule has 0 saturated heterocycles. The van der Waals surface area contributed by atoms with Crippen LogP contribution in [0.25, 0.3) is 0 Å². The molecule has 0 heterocycles. The molecule has 4 heteroatoms. The number of rotatable bonds is 4. The van der Waals surface area contributed by atoms with E-state index >= 15 is 0 Å². The van der Waals surface area contributed by atoms with Crippen molar-refractivity contribution in [3.63, 3.8) is 0 Å². The molecular formula is C12H13ClN2O. The highest BCUT2D eigenvalue weighted by Crippen LogP contribution is 2.05. The van der Waals surface area contributed by atoms with Crippen LogP contribution in [0.1, 0.15) is 29.3 Å². The smallest absolute Gasteiger partial charge is 0.251 e. The van der Waals surface area contributed by atoms with Crippen LogP contribution < -0.4 is 5.32 Å². The van der Waals surface area contributed by atoms with Crippen LogP contribution >= 0.6 is 11.6 Å². The third-order valence-electron chi connectivity index (χ3n) is 2.17. The third-order valence-corrected chi connectivity index (χ3v) is 2.39. The number of hydrogen-bond acceptors (Lipinski definition) is 2. The number of halogens is 1. The van der Waals surface area contributed by atoms with Gasteiger partial charge in [0.1, 0.15) is 0 Å². The summed E-state index contributed by atoms with van der Waals surface area (Å²) in [6.07, 6.45) is 0.727. The van der Waals surface area contributed by atoms with Crippen molar-refractivity contribution in [3.05, 3.63) is 35.4 Å². The Balaban J connectivity index is 2.70. The van der Waals surface area contributed by atoms with Crippen molar-refractivity contribution in [2.45, 2.75) is 19.4 Å². The number of carbonyl (C=O) groups is 1. The zero-order chi connectivity index (χ0) is 12.0. The summed E-state index contributed by atoms with van der Waals surface area (Å²) in [7, 11) is 0. The molecule has 1 atom stereocenters. The van der Waals surface area contributed by atoms with Gasteiger partial charge in [-0.3, -0.25) is 4.79 Å². The van der Waals surface area contributed by atoms with Gasteiger partial charge >= 0.3 is 0 Å². The number of nitrogens with zero attached hydrogens (tertiary/aromatic N) is 1. The summed E-state index contributed by atoms with van der Waals surface area (Å²) in [5, 5.41) is 11.5. The Morgan fingerprint density at radius 2 is 2.38 bits per heavy atom. The second kappa shape index (κ2) is 6.14. The Kier molecular flexibility index (Phi) is 4.81. The van der Waals surface area contributed by atoms with Crippen molar-refractivity contribution in [1.29, 1.82) is 5.26 Å². The summed E-state index contributed by atoms with van der Waals surface area (Å²) in [5.41, 5.74) is 0.984. The summed E-state index contributed by atoms with van der Waals surface area (Å²) in [6.45, 7) is 1.90. The zero-order valence-corrected chi connectivity index (χ0v) is 9.79. The normalized spacial score (nSPS) is 11.6. The van der Waals surface area contributed by atoms with Gasteiger partial charge in [-0.05, 0) is 31.5 Å². The van der Waals surface area contributed by atoms with Crippen molar-refractivity contribution < 1.29 is 4.79 Å². The molecule has 0 aliphatic heterocycles. The summed E-state index contributed by atoms with van der Waals surface area (Å²) in [4.78, 5) is 11.7. The second-order valence-corrected chi connectivity index (χ2v) is 3.92. The number of benzene rings is 1. The molecule has 0 spiro atoms. The first kappa shape index (κ1) is 12.5. The van der Waals surface area contributed by atoms with Gasteiger partial charge in [0.05, 0.1) is 11.6 Å². The van der Waals surface area contributed by atoms with E-state index < -0.39 is 0 Å². The van der Waals surface area contributed by atoms with E-state index in [4.69, 9.17) is 16.9 Å². The van der Waals surface area contributed by atoms with E-state index in [2.05, 4.69) is 5.32 Å². The maximum atomic E-state index is 11.7. The average molecular weight is 237 g/mol. The second-order valence-electron chi connectivity index (χ2n) is 3.54. The number of hydrogen-bond donors (Lipinski definition) is 1. The van der Waals surface area contributed by atoms with Crippen molar-refractivity contribution in [1.82, 2.24) is 5.32 Å². The lowest BCUT2D eigenvalue weighted by atomic mass is 10.1. The number of carbonyl (C=O) groups excluding carboxylic acids is 1. The van der Waals surface area contributed by atoms with Gasteiger partial charge in [0.2, 0.25) is 0 Å². The van der Waals surface area contributed by atoms with Gasteiger partial charge in [-0.25, -0.2) is 0 Å². The maximum Gasteiger partial charge on any atom is 0.251 e. The molecule has 84 valence electrons. The molecule has 1 rings (SSSR count). The van der Waals surface area contributed by atoms with Gasteiger partial charge in [0, 0.05) is 17.5 Å². The van der Waals surface area contributed by atoms with E-state index in [-0.39, 0.29) is 11.9 Å². The monoisotopic (exact) mass is 236 g/mol. The average Bonchev–Trinajstić information content (AvgIpc) is 2.29. The molecule has 16 heavy (non-hydrogen) atoms. The molecule has 1 amide bonds. The van der Waals surface area contributed by atoms with E-state index in [0.29, 0.717) is 17.0 Å². The van der Waals surface area contributed by atoms with E-state index in [1.54, 1.807) is 24.3 Å². The fraction of sp³-hybridized carbons (Fsp3) is 0.333.